The largest absolute Gasteiger partial charge is 0.497 e. The Kier molecular flexibility index (Phi) is 3.36. The summed E-state index contributed by atoms with van der Waals surface area (Å²) in [5.41, 5.74) is 2.74. The lowest BCUT2D eigenvalue weighted by atomic mass is 10.1. The molecule has 0 spiro atoms. The number of hydrogen-bond donors (Lipinski definition) is 1. The van der Waals surface area contributed by atoms with Crippen LogP contribution in [0.2, 0.25) is 0 Å². The summed E-state index contributed by atoms with van der Waals surface area (Å²) in [5.74, 6) is 1.08. The number of anilines is 1. The third-order valence-corrected chi connectivity index (χ3v) is 3.38. The van der Waals surface area contributed by atoms with Crippen molar-refractivity contribution >= 4 is 17.5 Å². The van der Waals surface area contributed by atoms with Crippen molar-refractivity contribution in [2.75, 3.05) is 19.5 Å². The summed E-state index contributed by atoms with van der Waals surface area (Å²) < 4.78 is 10.5. The van der Waals surface area contributed by atoms with E-state index in [-0.39, 0.29) is 5.78 Å². The normalized spacial score (nSPS) is 14.8. The fourth-order valence-corrected chi connectivity index (χ4v) is 2.36. The number of fused-ring (bicyclic) bond motifs is 1. The average molecular weight is 281 g/mol. The number of ether oxygens (including phenoxy) is 2. The van der Waals surface area contributed by atoms with Crippen LogP contribution in [0.15, 0.2) is 48.2 Å². The van der Waals surface area contributed by atoms with Gasteiger partial charge in [-0.15, -0.1) is 0 Å². The van der Waals surface area contributed by atoms with Crippen LogP contribution in [0.5, 0.6) is 11.5 Å². The van der Waals surface area contributed by atoms with E-state index >= 15 is 0 Å². The van der Waals surface area contributed by atoms with E-state index in [2.05, 4.69) is 5.32 Å². The van der Waals surface area contributed by atoms with E-state index in [0.29, 0.717) is 28.4 Å². The van der Waals surface area contributed by atoms with E-state index in [9.17, 15) is 4.79 Å². The summed E-state index contributed by atoms with van der Waals surface area (Å²) in [6, 6.07) is 13.2. The standard InChI is InChI=1S/C17H15NO3/c1-20-12-9-13-16(15(10-12)21-2)17(19)14(18-13)8-11-6-4-3-5-7-11/h3-10,18H,1-2H3/b14-8+. The molecule has 0 saturated carbocycles. The van der Waals surface area contributed by atoms with Gasteiger partial charge in [0.2, 0.25) is 5.78 Å². The van der Waals surface area contributed by atoms with Gasteiger partial charge in [0.1, 0.15) is 11.5 Å². The van der Waals surface area contributed by atoms with Gasteiger partial charge in [0, 0.05) is 12.1 Å². The number of benzene rings is 2. The summed E-state index contributed by atoms with van der Waals surface area (Å²) in [4.78, 5) is 12.5. The smallest absolute Gasteiger partial charge is 0.215 e. The molecule has 2 aromatic rings. The minimum Gasteiger partial charge on any atom is -0.497 e. The van der Waals surface area contributed by atoms with Crippen LogP contribution in [-0.2, 0) is 0 Å². The number of carbonyl (C=O) groups is 1. The Labute approximate surface area is 123 Å². The van der Waals surface area contributed by atoms with E-state index in [1.54, 1.807) is 26.4 Å². The van der Waals surface area contributed by atoms with Crippen molar-refractivity contribution in [3.05, 3.63) is 59.3 Å². The van der Waals surface area contributed by atoms with Crippen molar-refractivity contribution in [2.45, 2.75) is 0 Å². The fraction of sp³-hybridized carbons (Fsp3) is 0.118. The second-order valence-corrected chi connectivity index (χ2v) is 4.68. The Balaban J connectivity index is 2.04. The molecule has 0 bridgehead atoms. The van der Waals surface area contributed by atoms with Crippen LogP contribution in [0.1, 0.15) is 15.9 Å². The molecule has 3 rings (SSSR count). The highest BCUT2D eigenvalue weighted by atomic mass is 16.5. The molecule has 0 unspecified atom stereocenters. The molecule has 0 aromatic heterocycles. The van der Waals surface area contributed by atoms with Crippen molar-refractivity contribution in [2.24, 2.45) is 0 Å². The monoisotopic (exact) mass is 281 g/mol. The van der Waals surface area contributed by atoms with Crippen LogP contribution < -0.4 is 14.8 Å². The van der Waals surface area contributed by atoms with Gasteiger partial charge in [-0.1, -0.05) is 30.3 Å². The number of allylic oxidation sites excluding steroid dienone is 1. The molecule has 1 N–H and O–H groups in total. The number of nitrogens with one attached hydrogen (secondary N) is 1. The molecule has 1 aliphatic rings. The predicted molar refractivity (Wildman–Crippen MR) is 81.9 cm³/mol. The summed E-state index contributed by atoms with van der Waals surface area (Å²) in [7, 11) is 3.12. The molecule has 4 heteroatoms. The molecule has 4 nitrogen and oxygen atoms in total. The lowest BCUT2D eigenvalue weighted by Gasteiger charge is -2.08. The molecule has 0 aliphatic carbocycles. The number of hydrogen-bond acceptors (Lipinski definition) is 4. The fourth-order valence-electron chi connectivity index (χ4n) is 2.36. The van der Waals surface area contributed by atoms with Crippen LogP contribution in [0.3, 0.4) is 0 Å². The second-order valence-electron chi connectivity index (χ2n) is 4.68. The molecule has 0 fully saturated rings. The van der Waals surface area contributed by atoms with Crippen molar-refractivity contribution in [3.8, 4) is 11.5 Å². The second kappa shape index (κ2) is 5.32. The minimum atomic E-state index is -0.0756. The van der Waals surface area contributed by atoms with Crippen LogP contribution in [0, 0.1) is 0 Å². The Morgan fingerprint density at radius 3 is 2.48 bits per heavy atom. The zero-order valence-electron chi connectivity index (χ0n) is 11.8. The Morgan fingerprint density at radius 1 is 1.05 bits per heavy atom. The Morgan fingerprint density at radius 2 is 1.81 bits per heavy atom. The average Bonchev–Trinajstić information content (AvgIpc) is 2.83. The minimum absolute atomic E-state index is 0.0756. The molecule has 0 amide bonds. The van der Waals surface area contributed by atoms with Gasteiger partial charge in [0.15, 0.2) is 0 Å². The van der Waals surface area contributed by atoms with Gasteiger partial charge in [0.05, 0.1) is 31.2 Å². The first-order chi connectivity index (χ1) is 10.2. The SMILES string of the molecule is COc1cc2c(c(OC)c1)C(=O)/C(=C\c1ccccc1)N2. The highest BCUT2D eigenvalue weighted by Crippen LogP contribution is 2.39. The van der Waals surface area contributed by atoms with Crippen molar-refractivity contribution in [3.63, 3.8) is 0 Å². The van der Waals surface area contributed by atoms with Crippen LogP contribution in [0.25, 0.3) is 6.08 Å². The first-order valence-corrected chi connectivity index (χ1v) is 6.57. The number of methoxy groups -OCH3 is 2. The molecular formula is C17H15NO3. The highest BCUT2D eigenvalue weighted by molar-refractivity contribution is 6.22. The van der Waals surface area contributed by atoms with Gasteiger partial charge in [0.25, 0.3) is 0 Å². The molecule has 1 heterocycles. The molecule has 1 aliphatic heterocycles. The van der Waals surface area contributed by atoms with Crippen molar-refractivity contribution in [1.82, 2.24) is 0 Å². The van der Waals surface area contributed by atoms with E-state index < -0.39 is 0 Å². The van der Waals surface area contributed by atoms with E-state index in [4.69, 9.17) is 9.47 Å². The molecule has 0 radical (unpaired) electrons. The third-order valence-electron chi connectivity index (χ3n) is 3.38. The highest BCUT2D eigenvalue weighted by Gasteiger charge is 2.29. The molecule has 21 heavy (non-hydrogen) atoms. The molecule has 0 saturated heterocycles. The summed E-state index contributed by atoms with van der Waals surface area (Å²) in [6.07, 6.45) is 1.83. The first kappa shape index (κ1) is 13.2. The Bertz CT molecular complexity index is 720. The maximum absolute atomic E-state index is 12.5. The molecule has 106 valence electrons. The number of rotatable bonds is 3. The third kappa shape index (κ3) is 2.36. The summed E-state index contributed by atoms with van der Waals surface area (Å²) >= 11 is 0. The maximum Gasteiger partial charge on any atom is 0.215 e. The summed E-state index contributed by atoms with van der Waals surface area (Å²) in [6.45, 7) is 0. The topological polar surface area (TPSA) is 47.6 Å². The van der Waals surface area contributed by atoms with Gasteiger partial charge in [-0.3, -0.25) is 4.79 Å². The lowest BCUT2D eigenvalue weighted by molar-refractivity contribution is 0.104. The van der Waals surface area contributed by atoms with Gasteiger partial charge in [-0.2, -0.15) is 0 Å². The van der Waals surface area contributed by atoms with Crippen molar-refractivity contribution in [1.29, 1.82) is 0 Å². The Hall–Kier alpha value is -2.75. The maximum atomic E-state index is 12.5. The molecular weight excluding hydrogens is 266 g/mol. The van der Waals surface area contributed by atoms with Crippen LogP contribution in [-0.4, -0.2) is 20.0 Å². The number of Topliss-reactive ketones (excluding diaryl/α,β-unsaturated/α-hetero) is 1. The molecule has 0 atom stereocenters. The quantitative estimate of drug-likeness (QED) is 0.876. The number of carbonyl (C=O) groups excluding carboxylic acids is 1. The van der Waals surface area contributed by atoms with Crippen molar-refractivity contribution < 1.29 is 14.3 Å². The van der Waals surface area contributed by atoms with Gasteiger partial charge in [-0.25, -0.2) is 0 Å². The van der Waals surface area contributed by atoms with E-state index in [1.807, 2.05) is 36.4 Å². The predicted octanol–water partition coefficient (Wildman–Crippen LogP) is 3.35. The zero-order chi connectivity index (χ0) is 14.8. The van der Waals surface area contributed by atoms with E-state index in [0.717, 1.165) is 5.56 Å². The van der Waals surface area contributed by atoms with Gasteiger partial charge in [-0.05, 0) is 11.6 Å². The van der Waals surface area contributed by atoms with Crippen LogP contribution in [0.4, 0.5) is 5.69 Å². The first-order valence-electron chi connectivity index (χ1n) is 6.57. The zero-order valence-corrected chi connectivity index (χ0v) is 11.8. The molecule has 2 aromatic carbocycles. The lowest BCUT2D eigenvalue weighted by Crippen LogP contribution is -2.01. The summed E-state index contributed by atoms with van der Waals surface area (Å²) in [5, 5.41) is 3.13. The van der Waals surface area contributed by atoms with Crippen LogP contribution >= 0.6 is 0 Å². The van der Waals surface area contributed by atoms with Gasteiger partial charge >= 0.3 is 0 Å². The van der Waals surface area contributed by atoms with E-state index in [1.165, 1.54) is 0 Å². The number of ketones is 1. The van der Waals surface area contributed by atoms with Gasteiger partial charge < -0.3 is 14.8 Å².